The highest BCUT2D eigenvalue weighted by Crippen LogP contribution is 2.57. The standard InChI is InChI=1S/C22H25F3N6O/c23-22(24,25)16-1-2-26-17(4-16)3-14-5-20(6-14)9-30(10-20)19(32)31-11-21(12-31)7-15(8-21)18-27-13-28-29-18/h1-2,4,13-15H,3,5-12H2,(H,27,28,29). The Labute approximate surface area is 183 Å². The highest BCUT2D eigenvalue weighted by Gasteiger charge is 2.58. The first-order chi connectivity index (χ1) is 15.2. The van der Waals surface area contributed by atoms with E-state index < -0.39 is 11.7 Å². The van der Waals surface area contributed by atoms with E-state index in [1.165, 1.54) is 12.5 Å². The van der Waals surface area contributed by atoms with E-state index in [9.17, 15) is 18.0 Å². The molecular formula is C22H25F3N6O. The van der Waals surface area contributed by atoms with Crippen LogP contribution in [-0.2, 0) is 12.6 Å². The predicted molar refractivity (Wildman–Crippen MR) is 107 cm³/mol. The largest absolute Gasteiger partial charge is 0.416 e. The molecule has 2 aromatic heterocycles. The third-order valence-corrected chi connectivity index (χ3v) is 7.91. The summed E-state index contributed by atoms with van der Waals surface area (Å²) in [5.74, 6) is 1.73. The molecule has 2 spiro atoms. The molecular weight excluding hydrogens is 421 g/mol. The van der Waals surface area contributed by atoms with E-state index in [-0.39, 0.29) is 16.9 Å². The van der Waals surface area contributed by atoms with Gasteiger partial charge in [-0.3, -0.25) is 10.1 Å². The van der Waals surface area contributed by atoms with Crippen LogP contribution in [0.2, 0.25) is 0 Å². The van der Waals surface area contributed by atoms with Gasteiger partial charge >= 0.3 is 12.2 Å². The molecule has 2 amide bonds. The van der Waals surface area contributed by atoms with Gasteiger partial charge in [0.25, 0.3) is 0 Å². The van der Waals surface area contributed by atoms with Gasteiger partial charge in [0.1, 0.15) is 12.2 Å². The molecule has 2 aliphatic heterocycles. The Morgan fingerprint density at radius 1 is 1.06 bits per heavy atom. The Morgan fingerprint density at radius 3 is 2.31 bits per heavy atom. The number of likely N-dealkylation sites (tertiary alicyclic amines) is 2. The average molecular weight is 446 g/mol. The number of aromatic amines is 1. The molecule has 2 saturated heterocycles. The second-order valence-electron chi connectivity index (χ2n) is 10.5. The molecule has 1 N–H and O–H groups in total. The van der Waals surface area contributed by atoms with Crippen LogP contribution in [0, 0.1) is 16.7 Å². The number of pyridine rings is 1. The quantitative estimate of drug-likeness (QED) is 0.783. The maximum atomic E-state index is 12.9. The molecule has 2 saturated carbocycles. The smallest absolute Gasteiger partial charge is 0.323 e. The van der Waals surface area contributed by atoms with Gasteiger partial charge in [0.05, 0.1) is 5.56 Å². The zero-order valence-electron chi connectivity index (χ0n) is 17.6. The molecule has 4 heterocycles. The molecule has 4 fully saturated rings. The topological polar surface area (TPSA) is 78.0 Å². The summed E-state index contributed by atoms with van der Waals surface area (Å²) in [6.45, 7) is 3.18. The highest BCUT2D eigenvalue weighted by molar-refractivity contribution is 5.77. The minimum atomic E-state index is -4.33. The molecule has 0 atom stereocenters. The monoisotopic (exact) mass is 446 g/mol. The van der Waals surface area contributed by atoms with Crippen molar-refractivity contribution in [2.45, 2.75) is 44.2 Å². The van der Waals surface area contributed by atoms with E-state index in [0.29, 0.717) is 24.0 Å². The van der Waals surface area contributed by atoms with Crippen molar-refractivity contribution in [2.24, 2.45) is 16.7 Å². The van der Waals surface area contributed by atoms with Gasteiger partial charge in [0.15, 0.2) is 0 Å². The second-order valence-corrected chi connectivity index (χ2v) is 10.5. The molecule has 7 nitrogen and oxygen atoms in total. The lowest BCUT2D eigenvalue weighted by Gasteiger charge is -2.63. The molecule has 10 heteroatoms. The summed E-state index contributed by atoms with van der Waals surface area (Å²) >= 11 is 0. The number of aromatic nitrogens is 4. The average Bonchev–Trinajstić information content (AvgIpc) is 3.14. The molecule has 6 rings (SSSR count). The van der Waals surface area contributed by atoms with Crippen LogP contribution in [0.1, 0.15) is 48.7 Å². The van der Waals surface area contributed by atoms with E-state index in [0.717, 1.165) is 69.8 Å². The number of carbonyl (C=O) groups excluding carboxylic acids is 1. The summed E-state index contributed by atoms with van der Waals surface area (Å²) in [7, 11) is 0. The lowest BCUT2D eigenvalue weighted by Crippen LogP contribution is -2.71. The van der Waals surface area contributed by atoms with Crippen molar-refractivity contribution in [3.05, 3.63) is 41.7 Å². The zero-order valence-corrected chi connectivity index (χ0v) is 17.6. The molecule has 2 aliphatic carbocycles. The van der Waals surface area contributed by atoms with Gasteiger partial charge in [-0.15, -0.1) is 0 Å². The van der Waals surface area contributed by atoms with E-state index in [4.69, 9.17) is 0 Å². The Hall–Kier alpha value is -2.65. The van der Waals surface area contributed by atoms with Crippen LogP contribution in [0.15, 0.2) is 24.7 Å². The molecule has 4 aliphatic rings. The van der Waals surface area contributed by atoms with Crippen LogP contribution < -0.4 is 0 Å². The fourth-order valence-electron chi connectivity index (χ4n) is 6.48. The number of amides is 2. The fraction of sp³-hybridized carbons (Fsp3) is 0.636. The number of hydrogen-bond acceptors (Lipinski definition) is 4. The van der Waals surface area contributed by atoms with Crippen LogP contribution >= 0.6 is 0 Å². The van der Waals surface area contributed by atoms with Gasteiger partial charge in [0.2, 0.25) is 0 Å². The molecule has 0 radical (unpaired) electrons. The summed E-state index contributed by atoms with van der Waals surface area (Å²) in [6.07, 6.45) is 3.04. The Bertz CT molecular complexity index is 1010. The summed E-state index contributed by atoms with van der Waals surface area (Å²) < 4.78 is 38.7. The minimum Gasteiger partial charge on any atom is -0.323 e. The maximum Gasteiger partial charge on any atom is 0.416 e. The first-order valence-corrected chi connectivity index (χ1v) is 11.1. The summed E-state index contributed by atoms with van der Waals surface area (Å²) in [4.78, 5) is 25.0. The van der Waals surface area contributed by atoms with Crippen LogP contribution in [-0.4, -0.2) is 62.2 Å². The van der Waals surface area contributed by atoms with Gasteiger partial charge < -0.3 is 9.80 Å². The van der Waals surface area contributed by atoms with Crippen LogP contribution in [0.5, 0.6) is 0 Å². The van der Waals surface area contributed by atoms with E-state index >= 15 is 0 Å². The van der Waals surface area contributed by atoms with Crippen molar-refractivity contribution in [1.29, 1.82) is 0 Å². The SMILES string of the molecule is O=C(N1CC2(CC(Cc3cc(C(F)(F)F)ccn3)C2)C1)N1CC2(CC(c3ncn[nH]3)C2)C1. The number of rotatable bonds is 3. The number of hydrogen-bond donors (Lipinski definition) is 1. The number of halogens is 3. The molecule has 170 valence electrons. The number of H-pyrrole nitrogens is 1. The number of nitrogens with one attached hydrogen (secondary N) is 1. The van der Waals surface area contributed by atoms with Crippen LogP contribution in [0.3, 0.4) is 0 Å². The van der Waals surface area contributed by atoms with Gasteiger partial charge in [0, 0.05) is 54.8 Å². The summed E-state index contributed by atoms with van der Waals surface area (Å²) in [5.41, 5.74) is 0.290. The minimum absolute atomic E-state index is 0.132. The van der Waals surface area contributed by atoms with Crippen molar-refractivity contribution in [1.82, 2.24) is 30.0 Å². The van der Waals surface area contributed by atoms with Crippen molar-refractivity contribution < 1.29 is 18.0 Å². The van der Waals surface area contributed by atoms with Crippen LogP contribution in [0.25, 0.3) is 0 Å². The fourth-order valence-corrected chi connectivity index (χ4v) is 6.48. The molecule has 32 heavy (non-hydrogen) atoms. The van der Waals surface area contributed by atoms with Gasteiger partial charge in [-0.2, -0.15) is 18.3 Å². The number of nitrogens with zero attached hydrogens (tertiary/aromatic N) is 5. The summed E-state index contributed by atoms with van der Waals surface area (Å²) in [5, 5.41) is 6.86. The predicted octanol–water partition coefficient (Wildman–Crippen LogP) is 3.47. The summed E-state index contributed by atoms with van der Waals surface area (Å²) in [6, 6.07) is 2.31. The highest BCUT2D eigenvalue weighted by atomic mass is 19.4. The zero-order chi connectivity index (χ0) is 22.1. The first-order valence-electron chi connectivity index (χ1n) is 11.1. The van der Waals surface area contributed by atoms with Gasteiger partial charge in [-0.1, -0.05) is 0 Å². The van der Waals surface area contributed by atoms with E-state index in [2.05, 4.69) is 20.2 Å². The Kier molecular flexibility index (Phi) is 4.17. The number of urea groups is 1. The van der Waals surface area contributed by atoms with Crippen molar-refractivity contribution in [2.75, 3.05) is 26.2 Å². The normalized spacial score (nSPS) is 24.1. The van der Waals surface area contributed by atoms with E-state index in [1.54, 1.807) is 0 Å². The van der Waals surface area contributed by atoms with Crippen molar-refractivity contribution >= 4 is 6.03 Å². The lowest BCUT2D eigenvalue weighted by molar-refractivity contribution is -0.137. The number of alkyl halides is 3. The third-order valence-electron chi connectivity index (χ3n) is 7.91. The third kappa shape index (κ3) is 3.26. The first kappa shape index (κ1) is 20.0. The molecule has 2 aromatic rings. The second kappa shape index (κ2) is 6.68. The number of carbonyl (C=O) groups is 1. The van der Waals surface area contributed by atoms with E-state index in [1.807, 2.05) is 9.80 Å². The van der Waals surface area contributed by atoms with Gasteiger partial charge in [-0.05, 0) is 50.2 Å². The molecule has 0 bridgehead atoms. The van der Waals surface area contributed by atoms with Crippen molar-refractivity contribution in [3.8, 4) is 0 Å². The Balaban J connectivity index is 0.944. The molecule has 0 aromatic carbocycles. The van der Waals surface area contributed by atoms with Gasteiger partial charge in [-0.25, -0.2) is 9.78 Å². The van der Waals surface area contributed by atoms with Crippen LogP contribution in [0.4, 0.5) is 18.0 Å². The maximum absolute atomic E-state index is 12.9. The molecule has 0 unspecified atom stereocenters. The lowest BCUT2D eigenvalue weighted by atomic mass is 9.56. The Morgan fingerprint density at radius 2 is 1.72 bits per heavy atom. The van der Waals surface area contributed by atoms with Crippen molar-refractivity contribution in [3.63, 3.8) is 0 Å².